The molecule has 1 aliphatic rings. The number of nitrogens with one attached hydrogen (secondary N) is 1. The number of rotatable bonds is 6. The summed E-state index contributed by atoms with van der Waals surface area (Å²) in [4.78, 5) is 25.7. The molecule has 3 heterocycles. The molecule has 0 spiro atoms. The second kappa shape index (κ2) is 9.23. The Kier molecular flexibility index (Phi) is 6.14. The van der Waals surface area contributed by atoms with Crippen LogP contribution in [0.25, 0.3) is 11.0 Å². The number of carbonyl (C=O) groups excluding carboxylic acids is 1. The molecule has 0 saturated carbocycles. The molecular formula is C25H25F2N5OS. The number of hydrogen-bond acceptors (Lipinski definition) is 5. The zero-order chi connectivity index (χ0) is 23.8. The first-order chi connectivity index (χ1) is 16.4. The Morgan fingerprint density at radius 1 is 1.18 bits per heavy atom. The van der Waals surface area contributed by atoms with Crippen LogP contribution in [0.3, 0.4) is 0 Å². The number of hydrogen-bond donors (Lipinski definition) is 1. The van der Waals surface area contributed by atoms with Crippen molar-refractivity contribution in [2.24, 2.45) is 5.92 Å². The van der Waals surface area contributed by atoms with Crippen LogP contribution in [0.15, 0.2) is 48.8 Å². The average Bonchev–Trinajstić information content (AvgIpc) is 3.38. The second-order valence-corrected chi connectivity index (χ2v) is 10.0. The first-order valence-electron chi connectivity index (χ1n) is 11.3. The van der Waals surface area contributed by atoms with E-state index in [9.17, 15) is 13.6 Å². The van der Waals surface area contributed by atoms with E-state index in [4.69, 9.17) is 0 Å². The smallest absolute Gasteiger partial charge is 0.249 e. The van der Waals surface area contributed by atoms with Crippen molar-refractivity contribution < 1.29 is 13.6 Å². The standard InChI is InChI=1S/C25H25F2N5OS/c1-15(2)23(32-14-28-20-10-17(26)18(27)11-21(20)32)24(33)30-25-29-19-8-9-31(13-22(19)34-25)12-16-6-4-3-5-7-16/h3-7,10-11,14-15,23H,8-9,12-13H2,1-2H3,(H,29,30,33). The molecule has 6 nitrogen and oxygen atoms in total. The van der Waals surface area contributed by atoms with Gasteiger partial charge < -0.3 is 9.88 Å². The first-order valence-corrected chi connectivity index (χ1v) is 12.1. The zero-order valence-electron chi connectivity index (χ0n) is 19.0. The summed E-state index contributed by atoms with van der Waals surface area (Å²) in [6.45, 7) is 6.40. The van der Waals surface area contributed by atoms with E-state index in [1.165, 1.54) is 23.2 Å². The molecule has 1 atom stereocenters. The van der Waals surface area contributed by atoms with Gasteiger partial charge in [0.25, 0.3) is 0 Å². The lowest BCUT2D eigenvalue weighted by Crippen LogP contribution is -2.29. The van der Waals surface area contributed by atoms with Gasteiger partial charge in [-0.15, -0.1) is 11.3 Å². The van der Waals surface area contributed by atoms with Crippen LogP contribution in [0.1, 0.15) is 36.0 Å². The van der Waals surface area contributed by atoms with Crippen LogP contribution in [0.5, 0.6) is 0 Å². The SMILES string of the molecule is CC(C)C(C(=O)Nc1nc2c(s1)CN(Cc1ccccc1)CC2)n1cnc2cc(F)c(F)cc21. The Bertz CT molecular complexity index is 1330. The van der Waals surface area contributed by atoms with E-state index in [0.29, 0.717) is 16.2 Å². The third kappa shape index (κ3) is 4.45. The fourth-order valence-electron chi connectivity index (χ4n) is 4.45. The molecule has 1 aliphatic heterocycles. The number of aromatic nitrogens is 3. The number of nitrogens with zero attached hydrogens (tertiary/aromatic N) is 4. The summed E-state index contributed by atoms with van der Waals surface area (Å²) < 4.78 is 29.1. The summed E-state index contributed by atoms with van der Waals surface area (Å²) in [6, 6.07) is 11.8. The molecule has 2 aromatic heterocycles. The van der Waals surface area contributed by atoms with Gasteiger partial charge in [0.1, 0.15) is 6.04 Å². The highest BCUT2D eigenvalue weighted by molar-refractivity contribution is 7.15. The summed E-state index contributed by atoms with van der Waals surface area (Å²) in [5, 5.41) is 3.52. The fourth-order valence-corrected chi connectivity index (χ4v) is 5.51. The summed E-state index contributed by atoms with van der Waals surface area (Å²) in [5.41, 5.74) is 2.98. The Morgan fingerprint density at radius 2 is 1.94 bits per heavy atom. The summed E-state index contributed by atoms with van der Waals surface area (Å²) >= 11 is 1.49. The van der Waals surface area contributed by atoms with Crippen molar-refractivity contribution in [1.29, 1.82) is 0 Å². The van der Waals surface area contributed by atoms with Crippen molar-refractivity contribution >= 4 is 33.4 Å². The predicted octanol–water partition coefficient (Wildman–Crippen LogP) is 5.17. The molecule has 0 saturated heterocycles. The van der Waals surface area contributed by atoms with Crippen LogP contribution >= 0.6 is 11.3 Å². The maximum absolute atomic E-state index is 13.9. The highest BCUT2D eigenvalue weighted by atomic mass is 32.1. The Morgan fingerprint density at radius 3 is 2.71 bits per heavy atom. The van der Waals surface area contributed by atoms with E-state index in [2.05, 4.69) is 32.3 Å². The van der Waals surface area contributed by atoms with Crippen molar-refractivity contribution in [3.05, 3.63) is 76.6 Å². The maximum Gasteiger partial charge on any atom is 0.249 e. The highest BCUT2D eigenvalue weighted by Crippen LogP contribution is 2.31. The van der Waals surface area contributed by atoms with Crippen LogP contribution in [0.4, 0.5) is 13.9 Å². The summed E-state index contributed by atoms with van der Waals surface area (Å²) in [7, 11) is 0. The Balaban J connectivity index is 1.33. The van der Waals surface area contributed by atoms with Gasteiger partial charge in [-0.1, -0.05) is 44.2 Å². The van der Waals surface area contributed by atoms with E-state index in [0.717, 1.165) is 48.8 Å². The normalized spacial score (nSPS) is 15.0. The van der Waals surface area contributed by atoms with E-state index < -0.39 is 17.7 Å². The molecule has 2 aromatic carbocycles. The van der Waals surface area contributed by atoms with Gasteiger partial charge in [0.15, 0.2) is 16.8 Å². The molecule has 1 N–H and O–H groups in total. The van der Waals surface area contributed by atoms with Crippen molar-refractivity contribution in [3.63, 3.8) is 0 Å². The van der Waals surface area contributed by atoms with Crippen LogP contribution in [0.2, 0.25) is 0 Å². The summed E-state index contributed by atoms with van der Waals surface area (Å²) in [5.74, 6) is -2.30. The van der Waals surface area contributed by atoms with Gasteiger partial charge in [-0.3, -0.25) is 9.69 Å². The van der Waals surface area contributed by atoms with Crippen LogP contribution in [-0.2, 0) is 24.3 Å². The average molecular weight is 482 g/mol. The van der Waals surface area contributed by atoms with E-state index in [1.807, 2.05) is 32.0 Å². The lowest BCUT2D eigenvalue weighted by molar-refractivity contribution is -0.120. The number of amides is 1. The van der Waals surface area contributed by atoms with Crippen molar-refractivity contribution in [1.82, 2.24) is 19.4 Å². The molecule has 1 amide bonds. The van der Waals surface area contributed by atoms with E-state index in [1.54, 1.807) is 4.57 Å². The van der Waals surface area contributed by atoms with Crippen LogP contribution in [-0.4, -0.2) is 31.9 Å². The molecule has 0 bridgehead atoms. The number of fused-ring (bicyclic) bond motifs is 2. The quantitative estimate of drug-likeness (QED) is 0.413. The molecule has 1 unspecified atom stereocenters. The zero-order valence-corrected chi connectivity index (χ0v) is 19.8. The molecule has 0 fully saturated rings. The third-order valence-corrected chi connectivity index (χ3v) is 7.10. The number of carbonyl (C=O) groups is 1. The monoisotopic (exact) mass is 481 g/mol. The minimum atomic E-state index is -0.968. The molecule has 0 radical (unpaired) electrons. The maximum atomic E-state index is 13.9. The Labute approximate surface area is 200 Å². The summed E-state index contributed by atoms with van der Waals surface area (Å²) in [6.07, 6.45) is 2.29. The Hall–Kier alpha value is -3.17. The fraction of sp³-hybridized carbons (Fsp3) is 0.320. The number of anilines is 1. The van der Waals surface area contributed by atoms with Crippen LogP contribution in [0, 0.1) is 17.6 Å². The topological polar surface area (TPSA) is 63.1 Å². The number of thiazole rings is 1. The van der Waals surface area contributed by atoms with Gasteiger partial charge in [-0.25, -0.2) is 18.7 Å². The molecule has 0 aliphatic carbocycles. The second-order valence-electron chi connectivity index (χ2n) is 8.92. The first kappa shape index (κ1) is 22.6. The van der Waals surface area contributed by atoms with Gasteiger partial charge in [-0.05, 0) is 11.5 Å². The van der Waals surface area contributed by atoms with Gasteiger partial charge in [0.05, 0.1) is 23.1 Å². The van der Waals surface area contributed by atoms with E-state index >= 15 is 0 Å². The minimum absolute atomic E-state index is 0.110. The molecule has 4 aromatic rings. The van der Waals surface area contributed by atoms with E-state index in [-0.39, 0.29) is 11.8 Å². The highest BCUT2D eigenvalue weighted by Gasteiger charge is 2.28. The van der Waals surface area contributed by atoms with Crippen molar-refractivity contribution in [2.45, 2.75) is 39.4 Å². The largest absolute Gasteiger partial charge is 0.318 e. The van der Waals surface area contributed by atoms with Gasteiger partial charge in [0.2, 0.25) is 5.91 Å². The van der Waals surface area contributed by atoms with Gasteiger partial charge in [0, 0.05) is 43.1 Å². The predicted molar refractivity (Wildman–Crippen MR) is 129 cm³/mol. The number of benzene rings is 2. The third-order valence-electron chi connectivity index (χ3n) is 6.11. The number of halogens is 2. The lowest BCUT2D eigenvalue weighted by Gasteiger charge is -2.25. The molecule has 5 rings (SSSR count). The molecule has 9 heteroatoms. The van der Waals surface area contributed by atoms with Gasteiger partial charge >= 0.3 is 0 Å². The molecular weight excluding hydrogens is 456 g/mol. The minimum Gasteiger partial charge on any atom is -0.318 e. The van der Waals surface area contributed by atoms with Crippen molar-refractivity contribution in [3.8, 4) is 0 Å². The van der Waals surface area contributed by atoms with Gasteiger partial charge in [-0.2, -0.15) is 0 Å². The molecule has 34 heavy (non-hydrogen) atoms. The lowest BCUT2D eigenvalue weighted by atomic mass is 10.0. The van der Waals surface area contributed by atoms with Crippen molar-refractivity contribution in [2.75, 3.05) is 11.9 Å². The van der Waals surface area contributed by atoms with Crippen LogP contribution < -0.4 is 5.32 Å². The molecule has 176 valence electrons. The number of imidazole rings is 1.